The van der Waals surface area contributed by atoms with Crippen LogP contribution < -0.4 is 5.73 Å². The minimum absolute atomic E-state index is 0.0329. The van der Waals surface area contributed by atoms with Gasteiger partial charge in [0.2, 0.25) is 5.91 Å². The van der Waals surface area contributed by atoms with E-state index in [2.05, 4.69) is 0 Å². The lowest BCUT2D eigenvalue weighted by atomic mass is 10.0. The fraction of sp³-hybridized carbons (Fsp3) is 0.611. The van der Waals surface area contributed by atoms with E-state index in [4.69, 9.17) is 10.5 Å². The minimum Gasteiger partial charge on any atom is -0.375 e. The van der Waals surface area contributed by atoms with Gasteiger partial charge in [-0.15, -0.1) is 0 Å². The van der Waals surface area contributed by atoms with Gasteiger partial charge in [0, 0.05) is 13.1 Å². The van der Waals surface area contributed by atoms with Gasteiger partial charge in [-0.25, -0.2) is 0 Å². The Kier molecular flexibility index (Phi) is 5.11. The molecule has 1 atom stereocenters. The Bertz CT molecular complexity index is 477. The number of benzene rings is 1. The summed E-state index contributed by atoms with van der Waals surface area (Å²) >= 11 is 0. The summed E-state index contributed by atoms with van der Waals surface area (Å²) in [6.07, 6.45) is 7.66. The molecule has 0 spiro atoms. The molecule has 0 aromatic heterocycles. The van der Waals surface area contributed by atoms with Crippen molar-refractivity contribution in [3.63, 3.8) is 0 Å². The first kappa shape index (κ1) is 15.5. The Balaban J connectivity index is 1.49. The average molecular weight is 302 g/mol. The lowest BCUT2D eigenvalue weighted by molar-refractivity contribution is -0.136. The van der Waals surface area contributed by atoms with E-state index < -0.39 is 6.04 Å². The molecule has 2 fully saturated rings. The number of rotatable bonds is 4. The van der Waals surface area contributed by atoms with Crippen LogP contribution in [-0.2, 0) is 9.53 Å². The third-order valence-electron chi connectivity index (χ3n) is 4.87. The Morgan fingerprint density at radius 2 is 1.64 bits per heavy atom. The molecule has 1 aliphatic heterocycles. The molecule has 4 heteroatoms. The molecular formula is C18H26N2O2. The third-order valence-corrected chi connectivity index (χ3v) is 4.87. The smallest absolute Gasteiger partial charge is 0.244 e. The van der Waals surface area contributed by atoms with Crippen LogP contribution in [0.1, 0.15) is 50.1 Å². The number of carbonyl (C=O) groups excluding carboxylic acids is 1. The molecule has 120 valence electrons. The van der Waals surface area contributed by atoms with Gasteiger partial charge in [0.1, 0.15) is 6.04 Å². The van der Waals surface area contributed by atoms with Crippen LogP contribution in [0.4, 0.5) is 0 Å². The van der Waals surface area contributed by atoms with Crippen molar-refractivity contribution in [2.75, 3.05) is 13.1 Å². The first-order valence-electron chi connectivity index (χ1n) is 8.49. The van der Waals surface area contributed by atoms with Crippen LogP contribution in [0.25, 0.3) is 0 Å². The lowest BCUT2D eigenvalue weighted by Crippen LogP contribution is -2.45. The van der Waals surface area contributed by atoms with Crippen LogP contribution in [0.3, 0.4) is 0 Å². The van der Waals surface area contributed by atoms with Gasteiger partial charge in [-0.2, -0.15) is 0 Å². The zero-order valence-electron chi connectivity index (χ0n) is 13.1. The quantitative estimate of drug-likeness (QED) is 0.930. The number of carbonyl (C=O) groups is 1. The highest BCUT2D eigenvalue weighted by Crippen LogP contribution is 2.26. The number of nitrogens with zero attached hydrogens (tertiary/aromatic N) is 1. The highest BCUT2D eigenvalue weighted by atomic mass is 16.5. The van der Waals surface area contributed by atoms with Gasteiger partial charge in [-0.3, -0.25) is 4.79 Å². The van der Waals surface area contributed by atoms with Crippen LogP contribution >= 0.6 is 0 Å². The first-order valence-corrected chi connectivity index (χ1v) is 8.49. The second-order valence-electron chi connectivity index (χ2n) is 6.46. The Hall–Kier alpha value is -1.39. The predicted molar refractivity (Wildman–Crippen MR) is 86.3 cm³/mol. The molecule has 0 radical (unpaired) electrons. The van der Waals surface area contributed by atoms with Crippen molar-refractivity contribution in [1.82, 2.24) is 4.90 Å². The van der Waals surface area contributed by atoms with Crippen molar-refractivity contribution in [1.29, 1.82) is 0 Å². The van der Waals surface area contributed by atoms with Crippen LogP contribution in [0.5, 0.6) is 0 Å². The van der Waals surface area contributed by atoms with Crippen LogP contribution in [-0.4, -0.2) is 36.1 Å². The molecule has 2 aliphatic rings. The predicted octanol–water partition coefficient (Wildman–Crippen LogP) is 2.64. The van der Waals surface area contributed by atoms with Gasteiger partial charge in [-0.1, -0.05) is 43.2 Å². The third kappa shape index (κ3) is 3.68. The molecule has 1 heterocycles. The van der Waals surface area contributed by atoms with Gasteiger partial charge in [0.15, 0.2) is 0 Å². The summed E-state index contributed by atoms with van der Waals surface area (Å²) in [6, 6.07) is 9.06. The molecule has 0 bridgehead atoms. The lowest BCUT2D eigenvalue weighted by Gasteiger charge is -2.34. The highest BCUT2D eigenvalue weighted by molar-refractivity contribution is 5.83. The molecule has 3 rings (SSSR count). The molecule has 1 aromatic carbocycles. The van der Waals surface area contributed by atoms with Gasteiger partial charge < -0.3 is 15.4 Å². The highest BCUT2D eigenvalue weighted by Gasteiger charge is 2.29. The van der Waals surface area contributed by atoms with Gasteiger partial charge in [0.25, 0.3) is 0 Å². The topological polar surface area (TPSA) is 55.6 Å². The maximum Gasteiger partial charge on any atom is 0.244 e. The molecule has 1 saturated carbocycles. The van der Waals surface area contributed by atoms with E-state index in [0.29, 0.717) is 12.2 Å². The van der Waals surface area contributed by atoms with Crippen molar-refractivity contribution < 1.29 is 9.53 Å². The fourth-order valence-corrected chi connectivity index (χ4v) is 3.51. The van der Waals surface area contributed by atoms with Gasteiger partial charge in [-0.05, 0) is 31.2 Å². The number of piperidine rings is 1. The monoisotopic (exact) mass is 302 g/mol. The van der Waals surface area contributed by atoms with E-state index in [0.717, 1.165) is 31.5 Å². The number of ether oxygens (including phenoxy) is 1. The molecule has 1 amide bonds. The molecule has 2 N–H and O–H groups in total. The molecule has 0 unspecified atom stereocenters. The van der Waals surface area contributed by atoms with Crippen molar-refractivity contribution in [3.8, 4) is 0 Å². The molecular weight excluding hydrogens is 276 g/mol. The van der Waals surface area contributed by atoms with E-state index in [1.807, 2.05) is 35.2 Å². The number of likely N-dealkylation sites (tertiary alicyclic amines) is 1. The van der Waals surface area contributed by atoms with Crippen molar-refractivity contribution in [2.45, 2.75) is 56.8 Å². The van der Waals surface area contributed by atoms with Crippen molar-refractivity contribution in [3.05, 3.63) is 35.9 Å². The largest absolute Gasteiger partial charge is 0.375 e. The molecule has 4 nitrogen and oxygen atoms in total. The number of amides is 1. The summed E-state index contributed by atoms with van der Waals surface area (Å²) < 4.78 is 6.16. The standard InChI is InChI=1S/C18H26N2O2/c19-17(14-6-2-1-3-7-14)18(21)20-12-10-16(11-13-20)22-15-8-4-5-9-15/h1-3,6-7,15-17H,4-5,8-13,19H2/t17-/m1/s1. The number of hydrogen-bond acceptors (Lipinski definition) is 3. The van der Waals surface area contributed by atoms with Crippen molar-refractivity contribution >= 4 is 5.91 Å². The summed E-state index contributed by atoms with van der Waals surface area (Å²) in [6.45, 7) is 1.52. The Morgan fingerprint density at radius 1 is 1.05 bits per heavy atom. The van der Waals surface area contributed by atoms with Crippen LogP contribution in [0.2, 0.25) is 0 Å². The first-order chi connectivity index (χ1) is 10.7. The van der Waals surface area contributed by atoms with Crippen LogP contribution in [0, 0.1) is 0 Å². The molecule has 22 heavy (non-hydrogen) atoms. The number of hydrogen-bond donors (Lipinski definition) is 1. The van der Waals surface area contributed by atoms with E-state index >= 15 is 0 Å². The zero-order valence-corrected chi connectivity index (χ0v) is 13.1. The van der Waals surface area contributed by atoms with Gasteiger partial charge >= 0.3 is 0 Å². The van der Waals surface area contributed by atoms with E-state index in [-0.39, 0.29) is 5.91 Å². The minimum atomic E-state index is -0.548. The second kappa shape index (κ2) is 7.25. The van der Waals surface area contributed by atoms with Crippen molar-refractivity contribution in [2.24, 2.45) is 5.73 Å². The summed E-state index contributed by atoms with van der Waals surface area (Å²) in [5, 5.41) is 0. The van der Waals surface area contributed by atoms with Gasteiger partial charge in [0.05, 0.1) is 12.2 Å². The van der Waals surface area contributed by atoms with Crippen LogP contribution in [0.15, 0.2) is 30.3 Å². The summed E-state index contributed by atoms with van der Waals surface area (Å²) in [5.41, 5.74) is 7.00. The summed E-state index contributed by atoms with van der Waals surface area (Å²) in [4.78, 5) is 14.4. The number of nitrogens with two attached hydrogens (primary N) is 1. The maximum atomic E-state index is 12.5. The van der Waals surface area contributed by atoms with E-state index in [1.165, 1.54) is 25.7 Å². The second-order valence-corrected chi connectivity index (χ2v) is 6.46. The average Bonchev–Trinajstić information content (AvgIpc) is 3.08. The normalized spacial score (nSPS) is 22.0. The Morgan fingerprint density at radius 3 is 2.27 bits per heavy atom. The molecule has 1 saturated heterocycles. The zero-order chi connectivity index (χ0) is 15.4. The molecule has 1 aliphatic carbocycles. The Labute approximate surface area is 132 Å². The molecule has 1 aromatic rings. The fourth-order valence-electron chi connectivity index (χ4n) is 3.51. The van der Waals surface area contributed by atoms with E-state index in [9.17, 15) is 4.79 Å². The summed E-state index contributed by atoms with van der Waals surface area (Å²) in [5.74, 6) is 0.0329. The van der Waals surface area contributed by atoms with E-state index in [1.54, 1.807) is 0 Å². The maximum absolute atomic E-state index is 12.5. The SMILES string of the molecule is N[C@@H](C(=O)N1CCC(OC2CCCC2)CC1)c1ccccc1. The summed E-state index contributed by atoms with van der Waals surface area (Å²) in [7, 11) is 0.